The molecule has 0 spiro atoms. The average molecular weight is 345 g/mol. The SMILES string of the molecule is CN(C)C(=O)C1(Nc2ccnn2C)CCN(C(=O)c2ccoc2)CC1. The number of anilines is 1. The summed E-state index contributed by atoms with van der Waals surface area (Å²) >= 11 is 0. The highest BCUT2D eigenvalue weighted by atomic mass is 16.3. The van der Waals surface area contributed by atoms with Crippen LogP contribution in [0.1, 0.15) is 23.2 Å². The lowest BCUT2D eigenvalue weighted by atomic mass is 9.85. The molecule has 0 radical (unpaired) electrons. The van der Waals surface area contributed by atoms with Gasteiger partial charge in [-0.25, -0.2) is 0 Å². The Hall–Kier alpha value is -2.77. The van der Waals surface area contributed by atoms with Crippen LogP contribution in [0.4, 0.5) is 5.82 Å². The van der Waals surface area contributed by atoms with Crippen molar-refractivity contribution in [3.8, 4) is 0 Å². The van der Waals surface area contributed by atoms with E-state index in [1.54, 1.807) is 40.8 Å². The fourth-order valence-electron chi connectivity index (χ4n) is 3.22. The highest BCUT2D eigenvalue weighted by Gasteiger charge is 2.43. The van der Waals surface area contributed by atoms with E-state index in [0.29, 0.717) is 31.5 Å². The lowest BCUT2D eigenvalue weighted by Crippen LogP contribution is -2.58. The first kappa shape index (κ1) is 17.1. The second-order valence-corrected chi connectivity index (χ2v) is 6.55. The molecule has 0 saturated carbocycles. The van der Waals surface area contributed by atoms with Crippen molar-refractivity contribution in [3.63, 3.8) is 0 Å². The topological polar surface area (TPSA) is 83.6 Å². The van der Waals surface area contributed by atoms with Crippen molar-refractivity contribution in [1.29, 1.82) is 0 Å². The van der Waals surface area contributed by atoms with Gasteiger partial charge in [0.1, 0.15) is 17.6 Å². The van der Waals surface area contributed by atoms with Gasteiger partial charge in [-0.15, -0.1) is 0 Å². The third kappa shape index (κ3) is 3.24. The zero-order valence-corrected chi connectivity index (χ0v) is 14.7. The summed E-state index contributed by atoms with van der Waals surface area (Å²) in [6.45, 7) is 0.989. The molecule has 3 heterocycles. The molecule has 0 atom stereocenters. The van der Waals surface area contributed by atoms with E-state index in [0.717, 1.165) is 5.82 Å². The maximum Gasteiger partial charge on any atom is 0.257 e. The zero-order chi connectivity index (χ0) is 18.0. The van der Waals surface area contributed by atoms with Crippen molar-refractivity contribution in [2.45, 2.75) is 18.4 Å². The predicted molar refractivity (Wildman–Crippen MR) is 92.1 cm³/mol. The van der Waals surface area contributed by atoms with Gasteiger partial charge < -0.3 is 19.5 Å². The van der Waals surface area contributed by atoms with Crippen LogP contribution in [0.2, 0.25) is 0 Å². The lowest BCUT2D eigenvalue weighted by molar-refractivity contribution is -0.135. The molecule has 1 N–H and O–H groups in total. The van der Waals surface area contributed by atoms with Crippen LogP contribution in [-0.4, -0.2) is 64.1 Å². The molecular weight excluding hydrogens is 322 g/mol. The first-order valence-electron chi connectivity index (χ1n) is 8.22. The Balaban J connectivity index is 1.78. The van der Waals surface area contributed by atoms with E-state index in [2.05, 4.69) is 10.4 Å². The molecule has 2 amide bonds. The van der Waals surface area contributed by atoms with Crippen molar-refractivity contribution >= 4 is 17.6 Å². The number of nitrogens with zero attached hydrogens (tertiary/aromatic N) is 4. The Bertz CT molecular complexity index is 742. The number of aromatic nitrogens is 2. The monoisotopic (exact) mass is 345 g/mol. The summed E-state index contributed by atoms with van der Waals surface area (Å²) in [7, 11) is 5.32. The minimum absolute atomic E-state index is 0.00381. The number of amides is 2. The van der Waals surface area contributed by atoms with Gasteiger partial charge in [-0.1, -0.05) is 0 Å². The van der Waals surface area contributed by atoms with E-state index < -0.39 is 5.54 Å². The van der Waals surface area contributed by atoms with Crippen LogP contribution in [0.25, 0.3) is 0 Å². The third-order valence-electron chi connectivity index (χ3n) is 4.68. The number of nitrogens with one attached hydrogen (secondary N) is 1. The third-order valence-corrected chi connectivity index (χ3v) is 4.68. The Labute approximate surface area is 146 Å². The number of likely N-dealkylation sites (tertiary alicyclic amines) is 1. The standard InChI is InChI=1S/C17H23N5O3/c1-20(2)16(24)17(19-14-4-8-18-21(14)3)6-9-22(10-7-17)15(23)13-5-11-25-12-13/h4-5,8,11-12,19H,6-7,9-10H2,1-3H3. The normalized spacial score (nSPS) is 16.5. The average Bonchev–Trinajstić information content (AvgIpc) is 3.26. The summed E-state index contributed by atoms with van der Waals surface area (Å²) in [5.41, 5.74) is -0.212. The fraction of sp³-hybridized carbons (Fsp3) is 0.471. The van der Waals surface area contributed by atoms with E-state index in [1.165, 1.54) is 12.5 Å². The van der Waals surface area contributed by atoms with Gasteiger partial charge in [0.05, 0.1) is 18.0 Å². The molecule has 0 bridgehead atoms. The molecule has 2 aromatic rings. The molecule has 2 aromatic heterocycles. The summed E-state index contributed by atoms with van der Waals surface area (Å²) in [5.74, 6) is 0.717. The van der Waals surface area contributed by atoms with Gasteiger partial charge in [-0.05, 0) is 18.9 Å². The number of hydrogen-bond donors (Lipinski definition) is 1. The second-order valence-electron chi connectivity index (χ2n) is 6.55. The maximum absolute atomic E-state index is 12.9. The zero-order valence-electron chi connectivity index (χ0n) is 14.7. The summed E-state index contributed by atoms with van der Waals surface area (Å²) in [5, 5.41) is 7.52. The molecule has 8 nitrogen and oxygen atoms in total. The van der Waals surface area contributed by atoms with Gasteiger partial charge in [0.15, 0.2) is 0 Å². The Morgan fingerprint density at radius 2 is 2.00 bits per heavy atom. The molecule has 1 aliphatic rings. The highest BCUT2D eigenvalue weighted by molar-refractivity contribution is 5.94. The quantitative estimate of drug-likeness (QED) is 0.900. The van der Waals surface area contributed by atoms with Crippen LogP contribution in [0, 0.1) is 0 Å². The van der Waals surface area contributed by atoms with Crippen LogP contribution < -0.4 is 5.32 Å². The fourth-order valence-corrected chi connectivity index (χ4v) is 3.22. The van der Waals surface area contributed by atoms with Gasteiger partial charge in [-0.2, -0.15) is 5.10 Å². The molecule has 0 unspecified atom stereocenters. The Kier molecular flexibility index (Phi) is 4.52. The summed E-state index contributed by atoms with van der Waals surface area (Å²) in [6, 6.07) is 3.50. The minimum atomic E-state index is -0.746. The number of likely N-dealkylation sites (N-methyl/N-ethyl adjacent to an activating group) is 1. The summed E-state index contributed by atoms with van der Waals surface area (Å²) in [4.78, 5) is 28.7. The Morgan fingerprint density at radius 1 is 1.28 bits per heavy atom. The number of hydrogen-bond acceptors (Lipinski definition) is 5. The maximum atomic E-state index is 12.9. The number of carbonyl (C=O) groups is 2. The largest absolute Gasteiger partial charge is 0.472 e. The van der Waals surface area contributed by atoms with Gasteiger partial charge in [0, 0.05) is 40.3 Å². The van der Waals surface area contributed by atoms with Crippen LogP contribution in [0.5, 0.6) is 0 Å². The van der Waals surface area contributed by atoms with Crippen LogP contribution >= 0.6 is 0 Å². The van der Waals surface area contributed by atoms with Gasteiger partial charge in [0.2, 0.25) is 5.91 Å². The summed E-state index contributed by atoms with van der Waals surface area (Å²) in [6.07, 6.45) is 5.68. The van der Waals surface area contributed by atoms with E-state index >= 15 is 0 Å². The van der Waals surface area contributed by atoms with Gasteiger partial charge in [0.25, 0.3) is 5.91 Å². The second kappa shape index (κ2) is 6.62. The summed E-state index contributed by atoms with van der Waals surface area (Å²) < 4.78 is 6.69. The molecule has 1 fully saturated rings. The number of rotatable bonds is 4. The number of furan rings is 1. The lowest BCUT2D eigenvalue weighted by Gasteiger charge is -2.42. The van der Waals surface area contributed by atoms with Crippen molar-refractivity contribution < 1.29 is 14.0 Å². The van der Waals surface area contributed by atoms with Crippen LogP contribution in [0.3, 0.4) is 0 Å². The predicted octanol–water partition coefficient (Wildman–Crippen LogP) is 1.19. The first-order chi connectivity index (χ1) is 11.9. The van der Waals surface area contributed by atoms with E-state index in [-0.39, 0.29) is 11.8 Å². The van der Waals surface area contributed by atoms with Crippen molar-refractivity contribution in [2.75, 3.05) is 32.5 Å². The van der Waals surface area contributed by atoms with Crippen molar-refractivity contribution in [3.05, 3.63) is 36.4 Å². The molecule has 1 aliphatic heterocycles. The highest BCUT2D eigenvalue weighted by Crippen LogP contribution is 2.29. The number of piperidine rings is 1. The van der Waals surface area contributed by atoms with Crippen LogP contribution in [0.15, 0.2) is 35.3 Å². The smallest absolute Gasteiger partial charge is 0.257 e. The van der Waals surface area contributed by atoms with E-state index in [4.69, 9.17) is 4.42 Å². The molecule has 1 saturated heterocycles. The van der Waals surface area contributed by atoms with E-state index in [9.17, 15) is 9.59 Å². The van der Waals surface area contributed by atoms with Crippen LogP contribution in [-0.2, 0) is 11.8 Å². The molecule has 0 aliphatic carbocycles. The van der Waals surface area contributed by atoms with Gasteiger partial charge >= 0.3 is 0 Å². The van der Waals surface area contributed by atoms with Crippen molar-refractivity contribution in [2.24, 2.45) is 7.05 Å². The number of carbonyl (C=O) groups excluding carboxylic acids is 2. The molecule has 8 heteroatoms. The van der Waals surface area contributed by atoms with Gasteiger partial charge in [-0.3, -0.25) is 14.3 Å². The van der Waals surface area contributed by atoms with Crippen molar-refractivity contribution in [1.82, 2.24) is 19.6 Å². The molecule has 25 heavy (non-hydrogen) atoms. The molecule has 3 rings (SSSR count). The molecule has 0 aromatic carbocycles. The van der Waals surface area contributed by atoms with E-state index in [1.807, 2.05) is 13.1 Å². The minimum Gasteiger partial charge on any atom is -0.472 e. The molecule has 134 valence electrons. The first-order valence-corrected chi connectivity index (χ1v) is 8.22. The Morgan fingerprint density at radius 3 is 2.52 bits per heavy atom. The molecular formula is C17H23N5O3. The number of aryl methyl sites for hydroxylation is 1.